The second-order valence-electron chi connectivity index (χ2n) is 5.05. The smallest absolute Gasteiger partial charge is 0.338 e. The van der Waals surface area contributed by atoms with E-state index in [2.05, 4.69) is 5.32 Å². The van der Waals surface area contributed by atoms with Crippen LogP contribution in [0, 0.1) is 6.92 Å². The fourth-order valence-electron chi connectivity index (χ4n) is 1.92. The average Bonchev–Trinajstić information content (AvgIpc) is 2.57. The van der Waals surface area contributed by atoms with Gasteiger partial charge in [-0.05, 0) is 55.8 Å². The molecule has 0 aliphatic heterocycles. The van der Waals surface area contributed by atoms with Crippen LogP contribution in [0.5, 0.6) is 5.75 Å². The Morgan fingerprint density at radius 2 is 1.83 bits per heavy atom. The number of anilines is 1. The van der Waals surface area contributed by atoms with E-state index >= 15 is 0 Å². The predicted octanol–water partition coefficient (Wildman–Crippen LogP) is 3.84. The monoisotopic (exact) mass is 347 g/mol. The molecule has 0 aliphatic rings. The lowest BCUT2D eigenvalue weighted by Crippen LogP contribution is -2.20. The maximum Gasteiger partial charge on any atom is 0.338 e. The Kier molecular flexibility index (Phi) is 6.21. The zero-order valence-corrected chi connectivity index (χ0v) is 14.2. The zero-order valence-electron chi connectivity index (χ0n) is 13.5. The quantitative estimate of drug-likeness (QED) is 0.806. The van der Waals surface area contributed by atoms with Gasteiger partial charge in [0.15, 0.2) is 6.61 Å². The van der Waals surface area contributed by atoms with Crippen LogP contribution in [0.2, 0.25) is 5.02 Å². The highest BCUT2D eigenvalue weighted by Gasteiger charge is 2.08. The van der Waals surface area contributed by atoms with Crippen molar-refractivity contribution in [3.05, 3.63) is 58.6 Å². The second kappa shape index (κ2) is 8.36. The molecule has 0 spiro atoms. The topological polar surface area (TPSA) is 64.6 Å². The van der Waals surface area contributed by atoms with Gasteiger partial charge in [-0.15, -0.1) is 0 Å². The number of aryl methyl sites for hydroxylation is 1. The van der Waals surface area contributed by atoms with Gasteiger partial charge in [-0.2, -0.15) is 0 Å². The van der Waals surface area contributed by atoms with Gasteiger partial charge in [0.25, 0.3) is 5.91 Å². The molecule has 0 unspecified atom stereocenters. The fourth-order valence-corrected chi connectivity index (χ4v) is 2.10. The van der Waals surface area contributed by atoms with Crippen molar-refractivity contribution in [2.45, 2.75) is 13.8 Å². The zero-order chi connectivity index (χ0) is 17.5. The van der Waals surface area contributed by atoms with E-state index in [1.165, 1.54) is 0 Å². The second-order valence-corrected chi connectivity index (χ2v) is 5.45. The molecule has 126 valence electrons. The molecule has 0 aromatic heterocycles. The number of carbonyl (C=O) groups is 2. The molecule has 6 heteroatoms. The molecule has 0 atom stereocenters. The van der Waals surface area contributed by atoms with Crippen molar-refractivity contribution in [2.24, 2.45) is 0 Å². The number of esters is 1. The number of rotatable bonds is 6. The van der Waals surface area contributed by atoms with Crippen LogP contribution in [-0.4, -0.2) is 25.1 Å². The Labute approximate surface area is 145 Å². The van der Waals surface area contributed by atoms with Gasteiger partial charge in [0.05, 0.1) is 12.2 Å². The van der Waals surface area contributed by atoms with Gasteiger partial charge in [0.1, 0.15) is 5.75 Å². The van der Waals surface area contributed by atoms with Gasteiger partial charge < -0.3 is 14.8 Å². The van der Waals surface area contributed by atoms with Crippen LogP contribution in [0.4, 0.5) is 5.69 Å². The molecule has 2 aromatic rings. The molecule has 0 aliphatic carbocycles. The van der Waals surface area contributed by atoms with E-state index in [-0.39, 0.29) is 12.5 Å². The summed E-state index contributed by atoms with van der Waals surface area (Å²) in [5.74, 6) is -0.206. The number of nitrogens with one attached hydrogen (secondary N) is 1. The normalized spacial score (nSPS) is 10.1. The van der Waals surface area contributed by atoms with Gasteiger partial charge in [-0.3, -0.25) is 4.79 Å². The number of amides is 1. The predicted molar refractivity (Wildman–Crippen MR) is 92.7 cm³/mol. The number of ether oxygens (including phenoxy) is 2. The van der Waals surface area contributed by atoms with Crippen molar-refractivity contribution >= 4 is 29.2 Å². The summed E-state index contributed by atoms with van der Waals surface area (Å²) in [5, 5.41) is 3.29. The highest BCUT2D eigenvalue weighted by atomic mass is 35.5. The van der Waals surface area contributed by atoms with Crippen LogP contribution in [0.15, 0.2) is 42.5 Å². The fraction of sp³-hybridized carbons (Fsp3) is 0.222. The van der Waals surface area contributed by atoms with Gasteiger partial charge in [-0.1, -0.05) is 17.7 Å². The summed E-state index contributed by atoms with van der Waals surface area (Å²) >= 11 is 6.01. The Morgan fingerprint density at radius 1 is 1.12 bits per heavy atom. The molecule has 2 rings (SSSR count). The van der Waals surface area contributed by atoms with Crippen LogP contribution in [0.3, 0.4) is 0 Å². The first-order valence-corrected chi connectivity index (χ1v) is 7.83. The van der Waals surface area contributed by atoms with E-state index in [0.717, 1.165) is 5.56 Å². The summed E-state index contributed by atoms with van der Waals surface area (Å²) < 4.78 is 10.3. The number of hydrogen-bond acceptors (Lipinski definition) is 4. The molecular weight excluding hydrogens is 330 g/mol. The first-order valence-electron chi connectivity index (χ1n) is 7.45. The standard InChI is InChI=1S/C18H18ClNO4/c1-3-23-18(22)13-5-8-15(9-6-13)24-11-17(21)20-14-7-4-12(2)16(19)10-14/h4-10H,3,11H2,1-2H3,(H,20,21). The van der Waals surface area contributed by atoms with Crippen LogP contribution >= 0.6 is 11.6 Å². The van der Waals surface area contributed by atoms with E-state index < -0.39 is 5.97 Å². The molecule has 1 N–H and O–H groups in total. The molecule has 5 nitrogen and oxygen atoms in total. The molecule has 24 heavy (non-hydrogen) atoms. The lowest BCUT2D eigenvalue weighted by Gasteiger charge is -2.09. The molecule has 0 saturated heterocycles. The lowest BCUT2D eigenvalue weighted by atomic mass is 10.2. The molecule has 0 fully saturated rings. The molecule has 0 bridgehead atoms. The number of hydrogen-bond donors (Lipinski definition) is 1. The van der Waals surface area contributed by atoms with Crippen molar-refractivity contribution in [1.82, 2.24) is 0 Å². The van der Waals surface area contributed by atoms with E-state index in [9.17, 15) is 9.59 Å². The third-order valence-corrected chi connectivity index (χ3v) is 3.60. The first kappa shape index (κ1) is 17.8. The van der Waals surface area contributed by atoms with Crippen molar-refractivity contribution < 1.29 is 19.1 Å². The van der Waals surface area contributed by atoms with Crippen molar-refractivity contribution in [3.8, 4) is 5.75 Å². The largest absolute Gasteiger partial charge is 0.484 e. The SMILES string of the molecule is CCOC(=O)c1ccc(OCC(=O)Nc2ccc(C)c(Cl)c2)cc1. The highest BCUT2D eigenvalue weighted by molar-refractivity contribution is 6.31. The summed E-state index contributed by atoms with van der Waals surface area (Å²) in [6.07, 6.45) is 0. The lowest BCUT2D eigenvalue weighted by molar-refractivity contribution is -0.118. The average molecular weight is 348 g/mol. The molecular formula is C18H18ClNO4. The third kappa shape index (κ3) is 4.99. The van der Waals surface area contributed by atoms with Crippen LogP contribution in [-0.2, 0) is 9.53 Å². The van der Waals surface area contributed by atoms with E-state index in [4.69, 9.17) is 21.1 Å². The van der Waals surface area contributed by atoms with Crippen LogP contribution in [0.1, 0.15) is 22.8 Å². The Hall–Kier alpha value is -2.53. The van der Waals surface area contributed by atoms with E-state index in [1.54, 1.807) is 43.3 Å². The van der Waals surface area contributed by atoms with Crippen LogP contribution < -0.4 is 10.1 Å². The molecule has 0 radical (unpaired) electrons. The summed E-state index contributed by atoms with van der Waals surface area (Å²) in [7, 11) is 0. The minimum atomic E-state index is -0.391. The Balaban J connectivity index is 1.87. The minimum Gasteiger partial charge on any atom is -0.484 e. The van der Waals surface area contributed by atoms with Crippen LogP contribution in [0.25, 0.3) is 0 Å². The van der Waals surface area contributed by atoms with Crippen molar-refractivity contribution in [3.63, 3.8) is 0 Å². The number of halogens is 1. The molecule has 1 amide bonds. The van der Waals surface area contributed by atoms with Gasteiger partial charge >= 0.3 is 5.97 Å². The molecule has 0 saturated carbocycles. The molecule has 0 heterocycles. The summed E-state index contributed by atoms with van der Waals surface area (Å²) in [5.41, 5.74) is 1.98. The Morgan fingerprint density at radius 3 is 2.46 bits per heavy atom. The van der Waals surface area contributed by atoms with Gasteiger partial charge in [0.2, 0.25) is 0 Å². The minimum absolute atomic E-state index is 0.149. The summed E-state index contributed by atoms with van der Waals surface area (Å²) in [6, 6.07) is 11.7. The molecule has 2 aromatic carbocycles. The summed E-state index contributed by atoms with van der Waals surface area (Å²) in [4.78, 5) is 23.4. The summed E-state index contributed by atoms with van der Waals surface area (Å²) in [6.45, 7) is 3.80. The number of benzene rings is 2. The number of carbonyl (C=O) groups excluding carboxylic acids is 2. The van der Waals surface area contributed by atoms with E-state index in [0.29, 0.717) is 28.6 Å². The van der Waals surface area contributed by atoms with Gasteiger partial charge in [-0.25, -0.2) is 4.79 Å². The van der Waals surface area contributed by atoms with Crippen molar-refractivity contribution in [2.75, 3.05) is 18.5 Å². The van der Waals surface area contributed by atoms with Gasteiger partial charge in [0, 0.05) is 10.7 Å². The van der Waals surface area contributed by atoms with E-state index in [1.807, 2.05) is 13.0 Å². The maximum absolute atomic E-state index is 11.9. The maximum atomic E-state index is 11.9. The Bertz CT molecular complexity index is 728. The first-order chi connectivity index (χ1) is 11.5. The third-order valence-electron chi connectivity index (χ3n) is 3.19. The highest BCUT2D eigenvalue weighted by Crippen LogP contribution is 2.20. The van der Waals surface area contributed by atoms with Crippen molar-refractivity contribution in [1.29, 1.82) is 0 Å².